The monoisotopic (exact) mass is 217 g/mol. The second kappa shape index (κ2) is 4.36. The molecule has 0 N–H and O–H groups in total. The Morgan fingerprint density at radius 1 is 1.47 bits per heavy atom. The Bertz CT molecular complexity index is 476. The molecule has 1 aromatic heterocycles. The molecule has 2 nitrogen and oxygen atoms in total. The average Bonchev–Trinajstić information content (AvgIpc) is 2.77. The van der Waals surface area contributed by atoms with E-state index in [0.717, 1.165) is 24.0 Å². The Hall–Kier alpha value is -1.48. The van der Waals surface area contributed by atoms with Gasteiger partial charge in [-0.1, -0.05) is 25.1 Å². The summed E-state index contributed by atoms with van der Waals surface area (Å²) in [6.45, 7) is 2.11. The number of benzene rings is 1. The molecule has 1 aromatic carbocycles. The number of thiazole rings is 1. The maximum Gasteiger partial charge on any atom is 0.150 e. The molecule has 0 saturated carbocycles. The number of rotatable bonds is 3. The normalized spacial score (nSPS) is 10.2. The first-order chi connectivity index (χ1) is 7.35. The van der Waals surface area contributed by atoms with Crippen LogP contribution in [0.15, 0.2) is 29.8 Å². The maximum atomic E-state index is 10.7. The highest BCUT2D eigenvalue weighted by molar-refractivity contribution is 7.10. The minimum Gasteiger partial charge on any atom is -0.298 e. The number of carbonyl (C=O) groups excluding carboxylic acids is 1. The molecule has 0 fully saturated rings. The third-order valence-corrected chi connectivity index (χ3v) is 3.24. The van der Waals surface area contributed by atoms with Crippen molar-refractivity contribution in [2.45, 2.75) is 13.3 Å². The first kappa shape index (κ1) is 10.1. The summed E-state index contributed by atoms with van der Waals surface area (Å²) in [4.78, 5) is 16.3. The van der Waals surface area contributed by atoms with Crippen LogP contribution in [0.5, 0.6) is 0 Å². The van der Waals surface area contributed by atoms with Gasteiger partial charge in [0.05, 0.1) is 11.2 Å². The van der Waals surface area contributed by atoms with Crippen molar-refractivity contribution in [3.8, 4) is 11.3 Å². The molecule has 0 amide bonds. The molecular formula is C12H11NOS. The van der Waals surface area contributed by atoms with Crippen LogP contribution in [0.25, 0.3) is 11.3 Å². The number of hydrogen-bond donors (Lipinski definition) is 0. The number of hydrogen-bond acceptors (Lipinski definition) is 3. The molecule has 0 spiro atoms. The van der Waals surface area contributed by atoms with Crippen LogP contribution < -0.4 is 0 Å². The van der Waals surface area contributed by atoms with Gasteiger partial charge in [0.15, 0.2) is 0 Å². The molecule has 0 unspecified atom stereocenters. The fourth-order valence-electron chi connectivity index (χ4n) is 1.52. The van der Waals surface area contributed by atoms with Crippen molar-refractivity contribution in [1.82, 2.24) is 4.98 Å². The second-order valence-electron chi connectivity index (χ2n) is 3.22. The molecule has 2 rings (SSSR count). The Morgan fingerprint density at radius 3 is 3.07 bits per heavy atom. The Labute approximate surface area is 92.6 Å². The minimum absolute atomic E-state index is 0.697. The zero-order valence-electron chi connectivity index (χ0n) is 8.43. The Balaban J connectivity index is 2.48. The van der Waals surface area contributed by atoms with Crippen molar-refractivity contribution in [3.63, 3.8) is 0 Å². The highest BCUT2D eigenvalue weighted by Gasteiger charge is 2.06. The van der Waals surface area contributed by atoms with Gasteiger partial charge in [-0.25, -0.2) is 4.98 Å². The fraction of sp³-hybridized carbons (Fsp3) is 0.167. The summed E-state index contributed by atoms with van der Waals surface area (Å²) in [5.74, 6) is 0. The molecule has 1 heterocycles. The van der Waals surface area contributed by atoms with Gasteiger partial charge in [0, 0.05) is 16.0 Å². The fourth-order valence-corrected chi connectivity index (χ4v) is 2.25. The molecule has 2 aromatic rings. The van der Waals surface area contributed by atoms with Crippen LogP contribution in [-0.4, -0.2) is 11.3 Å². The Morgan fingerprint density at radius 2 is 2.33 bits per heavy atom. The van der Waals surface area contributed by atoms with Gasteiger partial charge >= 0.3 is 0 Å². The van der Waals surface area contributed by atoms with Crippen LogP contribution in [0.1, 0.15) is 22.2 Å². The van der Waals surface area contributed by atoms with Gasteiger partial charge in [0.25, 0.3) is 0 Å². The summed E-state index contributed by atoms with van der Waals surface area (Å²) < 4.78 is 0. The van der Waals surface area contributed by atoms with Crippen molar-refractivity contribution < 1.29 is 4.79 Å². The van der Waals surface area contributed by atoms with E-state index in [0.29, 0.717) is 5.56 Å². The lowest BCUT2D eigenvalue weighted by Crippen LogP contribution is -1.85. The van der Waals surface area contributed by atoms with E-state index in [9.17, 15) is 4.79 Å². The highest BCUT2D eigenvalue weighted by Crippen LogP contribution is 2.26. The van der Waals surface area contributed by atoms with Gasteiger partial charge in [-0.3, -0.25) is 4.79 Å². The van der Waals surface area contributed by atoms with E-state index in [2.05, 4.69) is 11.9 Å². The van der Waals surface area contributed by atoms with Gasteiger partial charge in [0.2, 0.25) is 0 Å². The van der Waals surface area contributed by atoms with E-state index in [-0.39, 0.29) is 0 Å². The van der Waals surface area contributed by atoms with Gasteiger partial charge in [-0.05, 0) is 12.5 Å². The molecular weight excluding hydrogens is 206 g/mol. The van der Waals surface area contributed by atoms with E-state index in [1.165, 1.54) is 4.88 Å². The zero-order valence-corrected chi connectivity index (χ0v) is 9.25. The third kappa shape index (κ3) is 1.97. The van der Waals surface area contributed by atoms with E-state index < -0.39 is 0 Å². The molecule has 0 aliphatic carbocycles. The van der Waals surface area contributed by atoms with E-state index in [4.69, 9.17) is 0 Å². The summed E-state index contributed by atoms with van der Waals surface area (Å²) in [5.41, 5.74) is 4.58. The second-order valence-corrected chi connectivity index (χ2v) is 4.16. The summed E-state index contributed by atoms with van der Waals surface area (Å²) in [7, 11) is 0. The topological polar surface area (TPSA) is 30.0 Å². The van der Waals surface area contributed by atoms with Crippen molar-refractivity contribution in [2.75, 3.05) is 0 Å². The van der Waals surface area contributed by atoms with Gasteiger partial charge < -0.3 is 0 Å². The number of aromatic nitrogens is 1. The zero-order chi connectivity index (χ0) is 10.7. The number of aldehydes is 1. The van der Waals surface area contributed by atoms with Gasteiger partial charge in [-0.15, -0.1) is 11.3 Å². The SMILES string of the molecule is CCc1scnc1-c1cccc(C=O)c1. The van der Waals surface area contributed by atoms with Crippen LogP contribution in [0, 0.1) is 0 Å². The molecule has 3 heteroatoms. The number of carbonyl (C=O) groups is 1. The van der Waals surface area contributed by atoms with Crippen molar-refractivity contribution >= 4 is 17.6 Å². The van der Waals surface area contributed by atoms with Gasteiger partial charge in [0.1, 0.15) is 6.29 Å². The number of aryl methyl sites for hydroxylation is 1. The lowest BCUT2D eigenvalue weighted by molar-refractivity contribution is 0.112. The minimum atomic E-state index is 0.697. The standard InChI is InChI=1S/C12H11NOS/c1-2-11-12(13-8-15-11)10-5-3-4-9(6-10)7-14/h3-8H,2H2,1H3. The predicted molar refractivity (Wildman–Crippen MR) is 62.3 cm³/mol. The van der Waals surface area contributed by atoms with Crippen molar-refractivity contribution in [3.05, 3.63) is 40.2 Å². The molecule has 0 aliphatic heterocycles. The molecule has 0 atom stereocenters. The molecule has 0 saturated heterocycles. The van der Waals surface area contributed by atoms with E-state index >= 15 is 0 Å². The third-order valence-electron chi connectivity index (χ3n) is 2.26. The van der Waals surface area contributed by atoms with Crippen LogP contribution in [0.2, 0.25) is 0 Å². The van der Waals surface area contributed by atoms with E-state index in [1.807, 2.05) is 23.7 Å². The molecule has 15 heavy (non-hydrogen) atoms. The maximum absolute atomic E-state index is 10.7. The smallest absolute Gasteiger partial charge is 0.150 e. The Kier molecular flexibility index (Phi) is 2.92. The quantitative estimate of drug-likeness (QED) is 0.739. The van der Waals surface area contributed by atoms with Crippen LogP contribution in [-0.2, 0) is 6.42 Å². The van der Waals surface area contributed by atoms with Crippen LogP contribution in [0.3, 0.4) is 0 Å². The first-order valence-corrected chi connectivity index (χ1v) is 5.71. The highest BCUT2D eigenvalue weighted by atomic mass is 32.1. The average molecular weight is 217 g/mol. The summed E-state index contributed by atoms with van der Waals surface area (Å²) in [5, 5.41) is 0. The lowest BCUT2D eigenvalue weighted by Gasteiger charge is -2.00. The summed E-state index contributed by atoms with van der Waals surface area (Å²) in [6, 6.07) is 7.55. The summed E-state index contributed by atoms with van der Waals surface area (Å²) >= 11 is 1.66. The van der Waals surface area contributed by atoms with Crippen molar-refractivity contribution in [1.29, 1.82) is 0 Å². The molecule has 0 radical (unpaired) electrons. The van der Waals surface area contributed by atoms with E-state index in [1.54, 1.807) is 17.4 Å². The predicted octanol–water partition coefficient (Wildman–Crippen LogP) is 3.19. The summed E-state index contributed by atoms with van der Waals surface area (Å²) in [6.07, 6.45) is 1.84. The van der Waals surface area contributed by atoms with Crippen molar-refractivity contribution in [2.24, 2.45) is 0 Å². The lowest BCUT2D eigenvalue weighted by atomic mass is 10.1. The number of nitrogens with zero attached hydrogens (tertiary/aromatic N) is 1. The molecule has 0 bridgehead atoms. The van der Waals surface area contributed by atoms with Crippen LogP contribution >= 0.6 is 11.3 Å². The first-order valence-electron chi connectivity index (χ1n) is 4.83. The molecule has 0 aliphatic rings. The van der Waals surface area contributed by atoms with Gasteiger partial charge in [-0.2, -0.15) is 0 Å². The molecule has 76 valence electrons. The largest absolute Gasteiger partial charge is 0.298 e. The van der Waals surface area contributed by atoms with Crippen LogP contribution in [0.4, 0.5) is 0 Å².